The Hall–Kier alpha value is -2.74. The van der Waals surface area contributed by atoms with Crippen LogP contribution in [-0.2, 0) is 13.1 Å². The van der Waals surface area contributed by atoms with Crippen molar-refractivity contribution in [2.24, 2.45) is 0 Å². The van der Waals surface area contributed by atoms with Gasteiger partial charge in [-0.1, -0.05) is 30.3 Å². The molecule has 2 aromatic heterocycles. The molecule has 0 fully saturated rings. The van der Waals surface area contributed by atoms with Crippen LogP contribution in [0.5, 0.6) is 0 Å². The van der Waals surface area contributed by atoms with E-state index in [9.17, 15) is 4.79 Å². The molecule has 0 atom stereocenters. The maximum absolute atomic E-state index is 12.3. The lowest BCUT2D eigenvalue weighted by Gasteiger charge is -2.17. The Labute approximate surface area is 144 Å². The summed E-state index contributed by atoms with van der Waals surface area (Å²) in [7, 11) is 1.73. The lowest BCUT2D eigenvalue weighted by atomic mass is 10.2. The highest BCUT2D eigenvalue weighted by Gasteiger charge is 2.15. The zero-order valence-corrected chi connectivity index (χ0v) is 14.3. The molecule has 1 aromatic carbocycles. The summed E-state index contributed by atoms with van der Waals surface area (Å²) in [6.07, 6.45) is 3.64. The number of amides is 2. The molecule has 24 heavy (non-hydrogen) atoms. The third kappa shape index (κ3) is 3.60. The molecule has 0 bridgehead atoms. The second kappa shape index (κ2) is 7.22. The van der Waals surface area contributed by atoms with Crippen LogP contribution in [0.2, 0.25) is 0 Å². The third-order valence-corrected chi connectivity index (χ3v) is 4.17. The zero-order valence-electron chi connectivity index (χ0n) is 13.5. The molecule has 2 heterocycles. The van der Waals surface area contributed by atoms with Crippen molar-refractivity contribution >= 4 is 22.7 Å². The Kier molecular flexibility index (Phi) is 4.85. The van der Waals surface area contributed by atoms with E-state index in [4.69, 9.17) is 0 Å². The number of benzene rings is 1. The number of hydrogen-bond donors (Lipinski definition) is 1. The van der Waals surface area contributed by atoms with Crippen molar-refractivity contribution in [2.45, 2.75) is 20.0 Å². The van der Waals surface area contributed by atoms with Crippen LogP contribution < -0.4 is 5.32 Å². The molecule has 0 aliphatic carbocycles. The Balaban J connectivity index is 1.63. The highest BCUT2D eigenvalue weighted by Crippen LogP contribution is 2.20. The maximum atomic E-state index is 12.3. The van der Waals surface area contributed by atoms with E-state index in [1.54, 1.807) is 18.1 Å². The molecule has 0 radical (unpaired) electrons. The fraction of sp³-hybridized carbons (Fsp3) is 0.250. The molecular weight excluding hydrogens is 324 g/mol. The first-order chi connectivity index (χ1) is 11.7. The summed E-state index contributed by atoms with van der Waals surface area (Å²) in [6.45, 7) is 3.29. The Morgan fingerprint density at radius 2 is 2.12 bits per heavy atom. The monoisotopic (exact) mass is 342 g/mol. The lowest BCUT2D eigenvalue weighted by Crippen LogP contribution is -2.31. The highest BCUT2D eigenvalue weighted by atomic mass is 32.1. The van der Waals surface area contributed by atoms with Gasteiger partial charge in [-0.25, -0.2) is 9.78 Å². The molecule has 0 spiro atoms. The molecule has 0 aliphatic rings. The molecule has 3 aromatic rings. The summed E-state index contributed by atoms with van der Waals surface area (Å²) < 4.78 is 6.29. The van der Waals surface area contributed by atoms with Crippen molar-refractivity contribution in [1.29, 1.82) is 0 Å². The number of hydrogen-bond acceptors (Lipinski definition) is 5. The molecular formula is C16H18N6OS. The Morgan fingerprint density at radius 3 is 2.88 bits per heavy atom. The largest absolute Gasteiger partial charge is 0.334 e. The van der Waals surface area contributed by atoms with Crippen molar-refractivity contribution in [3.05, 3.63) is 48.5 Å². The predicted molar refractivity (Wildman–Crippen MR) is 93.7 cm³/mol. The number of anilines is 1. The van der Waals surface area contributed by atoms with Crippen LogP contribution in [0, 0.1) is 0 Å². The van der Waals surface area contributed by atoms with Gasteiger partial charge in [-0.05, 0) is 6.92 Å². The first kappa shape index (κ1) is 16.1. The summed E-state index contributed by atoms with van der Waals surface area (Å²) in [6, 6.07) is 9.43. The second-order valence-electron chi connectivity index (χ2n) is 5.20. The van der Waals surface area contributed by atoms with E-state index in [0.717, 1.165) is 17.9 Å². The summed E-state index contributed by atoms with van der Waals surface area (Å²) in [4.78, 5) is 22.5. The van der Waals surface area contributed by atoms with Crippen molar-refractivity contribution in [3.63, 3.8) is 0 Å². The predicted octanol–water partition coefficient (Wildman–Crippen LogP) is 3.09. The smallest absolute Gasteiger partial charge is 0.323 e. The Bertz CT molecular complexity index is 813. The van der Waals surface area contributed by atoms with E-state index in [-0.39, 0.29) is 6.03 Å². The minimum Gasteiger partial charge on any atom is -0.334 e. The average Bonchev–Trinajstić information content (AvgIpc) is 3.24. The number of carbonyl (C=O) groups is 1. The van der Waals surface area contributed by atoms with Gasteiger partial charge in [0.05, 0.1) is 6.54 Å². The number of rotatable bonds is 5. The van der Waals surface area contributed by atoms with Crippen molar-refractivity contribution in [2.75, 3.05) is 12.4 Å². The minimum atomic E-state index is -0.239. The van der Waals surface area contributed by atoms with E-state index in [1.165, 1.54) is 11.5 Å². The van der Waals surface area contributed by atoms with Crippen LogP contribution in [0.1, 0.15) is 12.7 Å². The lowest BCUT2D eigenvalue weighted by molar-refractivity contribution is 0.219. The summed E-state index contributed by atoms with van der Waals surface area (Å²) in [5.41, 5.74) is 0.924. The molecule has 3 rings (SSSR count). The number of carbonyl (C=O) groups excluding carboxylic acids is 1. The van der Waals surface area contributed by atoms with Gasteiger partial charge in [-0.3, -0.25) is 5.32 Å². The van der Waals surface area contributed by atoms with Crippen LogP contribution in [-0.4, -0.2) is 36.9 Å². The minimum absolute atomic E-state index is 0.239. The second-order valence-corrected chi connectivity index (χ2v) is 5.96. The Morgan fingerprint density at radius 1 is 1.33 bits per heavy atom. The summed E-state index contributed by atoms with van der Waals surface area (Å²) >= 11 is 1.17. The van der Waals surface area contributed by atoms with Gasteiger partial charge in [0, 0.05) is 43.1 Å². The number of aromatic nitrogens is 4. The van der Waals surface area contributed by atoms with Crippen molar-refractivity contribution in [1.82, 2.24) is 23.8 Å². The molecule has 7 nitrogen and oxygen atoms in total. The van der Waals surface area contributed by atoms with Gasteiger partial charge in [0.2, 0.25) is 5.13 Å². The van der Waals surface area contributed by atoms with Gasteiger partial charge in [0.1, 0.15) is 5.82 Å². The maximum Gasteiger partial charge on any atom is 0.323 e. The number of urea groups is 1. The van der Waals surface area contributed by atoms with Crippen LogP contribution in [0.25, 0.3) is 11.4 Å². The number of nitrogens with one attached hydrogen (secondary N) is 1. The highest BCUT2D eigenvalue weighted by molar-refractivity contribution is 7.10. The third-order valence-electron chi connectivity index (χ3n) is 3.54. The van der Waals surface area contributed by atoms with Gasteiger partial charge >= 0.3 is 6.03 Å². The molecule has 0 saturated heterocycles. The van der Waals surface area contributed by atoms with Gasteiger partial charge < -0.3 is 9.47 Å². The average molecular weight is 342 g/mol. The van der Waals surface area contributed by atoms with Crippen molar-refractivity contribution < 1.29 is 4.79 Å². The van der Waals surface area contributed by atoms with Crippen molar-refractivity contribution in [3.8, 4) is 11.4 Å². The fourth-order valence-electron chi connectivity index (χ4n) is 2.23. The number of aryl methyl sites for hydroxylation is 1. The molecule has 0 unspecified atom stereocenters. The first-order valence-electron chi connectivity index (χ1n) is 7.58. The van der Waals surface area contributed by atoms with Crippen LogP contribution in [0.4, 0.5) is 9.93 Å². The van der Waals surface area contributed by atoms with E-state index in [0.29, 0.717) is 17.5 Å². The van der Waals surface area contributed by atoms with E-state index in [2.05, 4.69) is 19.7 Å². The summed E-state index contributed by atoms with van der Waals surface area (Å²) in [5.74, 6) is 1.46. The normalized spacial score (nSPS) is 10.6. The topological polar surface area (TPSA) is 75.9 Å². The van der Waals surface area contributed by atoms with Gasteiger partial charge in [-0.2, -0.15) is 9.36 Å². The van der Waals surface area contributed by atoms with Crippen LogP contribution in [0.3, 0.4) is 0 Å². The molecule has 1 N–H and O–H groups in total. The standard InChI is InChI=1S/C16H18N6OS/c1-3-22-10-9-17-13(22)11-21(2)16(23)19-15-18-14(20-24-15)12-7-5-4-6-8-12/h4-10H,3,11H2,1-2H3,(H,18,19,20,23). The molecule has 2 amide bonds. The van der Waals surface area contributed by atoms with Crippen LogP contribution >= 0.6 is 11.5 Å². The fourth-order valence-corrected chi connectivity index (χ4v) is 2.81. The quantitative estimate of drug-likeness (QED) is 0.773. The van der Waals surface area contributed by atoms with Gasteiger partial charge in [0.15, 0.2) is 5.82 Å². The molecule has 0 aliphatic heterocycles. The van der Waals surface area contributed by atoms with E-state index < -0.39 is 0 Å². The number of imidazole rings is 1. The summed E-state index contributed by atoms with van der Waals surface area (Å²) in [5, 5.41) is 3.25. The molecule has 0 saturated carbocycles. The first-order valence-corrected chi connectivity index (χ1v) is 8.36. The number of nitrogens with zero attached hydrogens (tertiary/aromatic N) is 5. The molecule has 124 valence electrons. The molecule has 8 heteroatoms. The van der Waals surface area contributed by atoms with Gasteiger partial charge in [0.25, 0.3) is 0 Å². The van der Waals surface area contributed by atoms with Crippen LogP contribution in [0.15, 0.2) is 42.7 Å². The van der Waals surface area contributed by atoms with Gasteiger partial charge in [-0.15, -0.1) is 0 Å². The van der Waals surface area contributed by atoms with E-state index in [1.807, 2.05) is 48.0 Å². The SMILES string of the molecule is CCn1ccnc1CN(C)C(=O)Nc1nc(-c2ccccc2)ns1. The zero-order chi connectivity index (χ0) is 16.9. The van der Waals surface area contributed by atoms with E-state index >= 15 is 0 Å².